The van der Waals surface area contributed by atoms with Gasteiger partial charge in [0.25, 0.3) is 5.91 Å². The van der Waals surface area contributed by atoms with Gasteiger partial charge in [-0.2, -0.15) is 4.98 Å². The molecule has 1 aromatic heterocycles. The summed E-state index contributed by atoms with van der Waals surface area (Å²) in [6.45, 7) is 6.38. The Balaban J connectivity index is 1.42. The second-order valence-corrected chi connectivity index (χ2v) is 9.06. The average molecular weight is 443 g/mol. The van der Waals surface area contributed by atoms with Gasteiger partial charge in [0.1, 0.15) is 11.5 Å². The molecule has 3 fully saturated rings. The first kappa shape index (κ1) is 21.2. The van der Waals surface area contributed by atoms with E-state index in [4.69, 9.17) is 18.7 Å². The number of likely N-dealkylation sites (tertiary alicyclic amines) is 2. The summed E-state index contributed by atoms with van der Waals surface area (Å²) in [5.41, 5.74) is 0.206. The molecule has 0 unspecified atom stereocenters. The number of carbonyl (C=O) groups is 1. The number of carbonyl (C=O) groups excluding carboxylic acids is 1. The molecule has 1 aromatic carbocycles. The lowest BCUT2D eigenvalue weighted by atomic mass is 9.81. The first-order valence-corrected chi connectivity index (χ1v) is 11.2. The van der Waals surface area contributed by atoms with Gasteiger partial charge in [-0.15, -0.1) is 0 Å². The third-order valence-corrected chi connectivity index (χ3v) is 7.18. The predicted octanol–water partition coefficient (Wildman–Crippen LogP) is 1.90. The van der Waals surface area contributed by atoms with Gasteiger partial charge in [0.05, 0.1) is 19.6 Å². The number of aryl methyl sites for hydroxylation is 1. The third kappa shape index (κ3) is 3.63. The van der Waals surface area contributed by atoms with E-state index in [0.29, 0.717) is 47.9 Å². The van der Waals surface area contributed by atoms with Gasteiger partial charge >= 0.3 is 0 Å². The SMILES string of the molecule is COc1cc(OC)cc(C(=O)N2C[C@H]3CN(C4CCOCC4)C[C@@]3(c3nc(C)no3)C2)c1. The Morgan fingerprint density at radius 1 is 1.09 bits per heavy atom. The first-order chi connectivity index (χ1) is 15.5. The number of benzene rings is 1. The lowest BCUT2D eigenvalue weighted by Crippen LogP contribution is -2.44. The van der Waals surface area contributed by atoms with Crippen molar-refractivity contribution < 1.29 is 23.5 Å². The zero-order valence-corrected chi connectivity index (χ0v) is 18.9. The summed E-state index contributed by atoms with van der Waals surface area (Å²) in [6, 6.07) is 5.79. The number of hydrogen-bond donors (Lipinski definition) is 0. The Morgan fingerprint density at radius 2 is 1.81 bits per heavy atom. The molecule has 9 heteroatoms. The van der Waals surface area contributed by atoms with Crippen molar-refractivity contribution >= 4 is 5.91 Å². The highest BCUT2D eigenvalue weighted by Gasteiger charge is 2.58. The largest absolute Gasteiger partial charge is 0.497 e. The van der Waals surface area contributed by atoms with E-state index in [9.17, 15) is 4.79 Å². The molecule has 0 aliphatic carbocycles. The zero-order valence-electron chi connectivity index (χ0n) is 18.9. The standard InChI is InChI=1S/C23H30N4O5/c1-15-24-22(32-25-15)23-13-26(18-4-6-31-7-5-18)11-17(23)12-27(14-23)21(28)16-8-19(29-2)10-20(9-16)30-3/h8-10,17-18H,4-7,11-14H2,1-3H3/t17-,23-/m1/s1. The lowest BCUT2D eigenvalue weighted by Gasteiger charge is -2.33. The van der Waals surface area contributed by atoms with Crippen molar-refractivity contribution in [1.82, 2.24) is 19.9 Å². The molecular weight excluding hydrogens is 412 g/mol. The van der Waals surface area contributed by atoms with Crippen LogP contribution in [0.25, 0.3) is 0 Å². The molecule has 0 spiro atoms. The predicted molar refractivity (Wildman–Crippen MR) is 115 cm³/mol. The molecule has 1 amide bonds. The van der Waals surface area contributed by atoms with E-state index in [0.717, 1.165) is 39.1 Å². The maximum Gasteiger partial charge on any atom is 0.254 e. The van der Waals surface area contributed by atoms with Crippen LogP contribution in [0.5, 0.6) is 11.5 Å². The van der Waals surface area contributed by atoms with Crippen molar-refractivity contribution in [3.63, 3.8) is 0 Å². The van der Waals surface area contributed by atoms with E-state index >= 15 is 0 Å². The second kappa shape index (κ2) is 8.37. The molecule has 32 heavy (non-hydrogen) atoms. The molecule has 3 saturated heterocycles. The van der Waals surface area contributed by atoms with Gasteiger partial charge in [0, 0.05) is 63.0 Å². The number of fused-ring (bicyclic) bond motifs is 1. The molecule has 3 aliphatic heterocycles. The fourth-order valence-electron chi connectivity index (χ4n) is 5.50. The minimum atomic E-state index is -0.349. The Labute approximate surface area is 187 Å². The van der Waals surface area contributed by atoms with Crippen LogP contribution < -0.4 is 9.47 Å². The molecule has 3 aliphatic rings. The summed E-state index contributed by atoms with van der Waals surface area (Å²) in [7, 11) is 3.17. The van der Waals surface area contributed by atoms with E-state index in [1.54, 1.807) is 32.4 Å². The number of ether oxygens (including phenoxy) is 3. The monoisotopic (exact) mass is 442 g/mol. The number of aromatic nitrogens is 2. The van der Waals surface area contributed by atoms with Gasteiger partial charge < -0.3 is 23.6 Å². The number of amides is 1. The van der Waals surface area contributed by atoms with Crippen LogP contribution in [-0.2, 0) is 10.2 Å². The van der Waals surface area contributed by atoms with E-state index in [1.165, 1.54) is 0 Å². The highest BCUT2D eigenvalue weighted by atomic mass is 16.5. The van der Waals surface area contributed by atoms with Crippen LogP contribution in [0.15, 0.2) is 22.7 Å². The fraction of sp³-hybridized carbons (Fsp3) is 0.609. The Morgan fingerprint density at radius 3 is 2.44 bits per heavy atom. The number of hydrogen-bond acceptors (Lipinski definition) is 8. The molecule has 0 N–H and O–H groups in total. The summed E-state index contributed by atoms with van der Waals surface area (Å²) in [5.74, 6) is 2.67. The zero-order chi connectivity index (χ0) is 22.3. The molecule has 2 atom stereocenters. The van der Waals surface area contributed by atoms with E-state index < -0.39 is 0 Å². The molecule has 4 heterocycles. The van der Waals surface area contributed by atoms with Crippen LogP contribution in [0.3, 0.4) is 0 Å². The normalized spacial score (nSPS) is 26.3. The minimum Gasteiger partial charge on any atom is -0.497 e. The Hall–Kier alpha value is -2.65. The van der Waals surface area contributed by atoms with Crippen molar-refractivity contribution in [2.75, 3.05) is 53.6 Å². The third-order valence-electron chi connectivity index (χ3n) is 7.18. The molecule has 172 valence electrons. The second-order valence-electron chi connectivity index (χ2n) is 9.06. The van der Waals surface area contributed by atoms with Gasteiger partial charge in [-0.05, 0) is 31.9 Å². The maximum absolute atomic E-state index is 13.5. The van der Waals surface area contributed by atoms with Gasteiger partial charge in [-0.25, -0.2) is 0 Å². The number of nitrogens with zero attached hydrogens (tertiary/aromatic N) is 4. The molecular formula is C23H30N4O5. The van der Waals surface area contributed by atoms with Gasteiger partial charge in [-0.3, -0.25) is 9.69 Å². The van der Waals surface area contributed by atoms with Gasteiger partial charge in [0.2, 0.25) is 5.89 Å². The van der Waals surface area contributed by atoms with Crippen molar-refractivity contribution in [2.24, 2.45) is 5.92 Å². The molecule has 9 nitrogen and oxygen atoms in total. The van der Waals surface area contributed by atoms with Crippen molar-refractivity contribution in [3.8, 4) is 11.5 Å². The van der Waals surface area contributed by atoms with E-state index in [2.05, 4.69) is 15.0 Å². The number of rotatable bonds is 5. The summed E-state index contributed by atoms with van der Waals surface area (Å²) < 4.78 is 22.0. The quantitative estimate of drug-likeness (QED) is 0.694. The van der Waals surface area contributed by atoms with Crippen LogP contribution in [0, 0.1) is 12.8 Å². The summed E-state index contributed by atoms with van der Waals surface area (Å²) >= 11 is 0. The molecule has 5 rings (SSSR count). The summed E-state index contributed by atoms with van der Waals surface area (Å²) in [4.78, 5) is 22.6. The lowest BCUT2D eigenvalue weighted by molar-refractivity contribution is 0.0369. The average Bonchev–Trinajstić information content (AvgIpc) is 3.51. The van der Waals surface area contributed by atoms with Crippen LogP contribution in [0.4, 0.5) is 0 Å². The smallest absolute Gasteiger partial charge is 0.254 e. The van der Waals surface area contributed by atoms with E-state index in [-0.39, 0.29) is 17.2 Å². The van der Waals surface area contributed by atoms with Crippen molar-refractivity contribution in [1.29, 1.82) is 0 Å². The van der Waals surface area contributed by atoms with Gasteiger partial charge in [-0.1, -0.05) is 5.16 Å². The van der Waals surface area contributed by atoms with Crippen LogP contribution in [-0.4, -0.2) is 85.5 Å². The fourth-order valence-corrected chi connectivity index (χ4v) is 5.50. The van der Waals surface area contributed by atoms with Gasteiger partial charge in [0.15, 0.2) is 5.82 Å². The molecule has 2 aromatic rings. The topological polar surface area (TPSA) is 90.2 Å². The van der Waals surface area contributed by atoms with Crippen LogP contribution in [0.2, 0.25) is 0 Å². The number of methoxy groups -OCH3 is 2. The maximum atomic E-state index is 13.5. The highest BCUT2D eigenvalue weighted by molar-refractivity contribution is 5.95. The molecule has 0 bridgehead atoms. The van der Waals surface area contributed by atoms with Crippen LogP contribution >= 0.6 is 0 Å². The summed E-state index contributed by atoms with van der Waals surface area (Å²) in [5, 5.41) is 4.07. The summed E-state index contributed by atoms with van der Waals surface area (Å²) in [6.07, 6.45) is 2.08. The van der Waals surface area contributed by atoms with Crippen molar-refractivity contribution in [3.05, 3.63) is 35.5 Å². The van der Waals surface area contributed by atoms with Crippen LogP contribution in [0.1, 0.15) is 34.9 Å². The molecule has 0 radical (unpaired) electrons. The Bertz CT molecular complexity index is 966. The highest BCUT2D eigenvalue weighted by Crippen LogP contribution is 2.46. The van der Waals surface area contributed by atoms with Crippen molar-refractivity contribution in [2.45, 2.75) is 31.2 Å². The molecule has 0 saturated carbocycles. The van der Waals surface area contributed by atoms with E-state index in [1.807, 2.05) is 11.8 Å². The first-order valence-electron chi connectivity index (χ1n) is 11.2. The minimum absolute atomic E-state index is 0.0372. The Kier molecular flexibility index (Phi) is 5.54.